The molecule has 0 fully saturated rings. The van der Waals surface area contributed by atoms with E-state index >= 15 is 0 Å². The minimum absolute atomic E-state index is 0.0648. The second-order valence-corrected chi connectivity index (χ2v) is 5.73. The Bertz CT molecular complexity index is 322. The maximum atomic E-state index is 11.5. The highest BCUT2D eigenvalue weighted by Crippen LogP contribution is 2.19. The molecule has 0 unspecified atom stereocenters. The van der Waals surface area contributed by atoms with Crippen LogP contribution in [0, 0.1) is 12.3 Å². The molecule has 0 rings (SSSR count). The molecule has 0 aliphatic heterocycles. The zero-order valence-electron chi connectivity index (χ0n) is 14.5. The van der Waals surface area contributed by atoms with E-state index in [9.17, 15) is 14.4 Å². The van der Waals surface area contributed by atoms with Gasteiger partial charge in [0.1, 0.15) is 19.8 Å². The van der Waals surface area contributed by atoms with Gasteiger partial charge in [-0.15, -0.1) is 0 Å². The minimum atomic E-state index is -0.990. The topological polar surface area (TPSA) is 78.9 Å². The van der Waals surface area contributed by atoms with E-state index < -0.39 is 5.41 Å². The first-order chi connectivity index (χ1) is 10.9. The van der Waals surface area contributed by atoms with Crippen LogP contribution in [0.1, 0.15) is 59.3 Å². The van der Waals surface area contributed by atoms with E-state index in [2.05, 4.69) is 6.92 Å². The van der Waals surface area contributed by atoms with Crippen molar-refractivity contribution in [2.24, 2.45) is 5.41 Å². The van der Waals surface area contributed by atoms with Crippen molar-refractivity contribution in [2.45, 2.75) is 59.3 Å². The predicted octanol–water partition coefficient (Wildman–Crippen LogP) is 2.84. The van der Waals surface area contributed by atoms with Crippen LogP contribution in [0.5, 0.6) is 0 Å². The smallest absolute Gasteiger partial charge is 0.305 e. The van der Waals surface area contributed by atoms with Crippen LogP contribution < -0.4 is 0 Å². The highest BCUT2D eigenvalue weighted by atomic mass is 16.6. The summed E-state index contributed by atoms with van der Waals surface area (Å²) in [5, 5.41) is 0. The van der Waals surface area contributed by atoms with E-state index in [1.54, 1.807) is 0 Å². The first-order valence-corrected chi connectivity index (χ1v) is 8.19. The zero-order valence-corrected chi connectivity index (χ0v) is 14.5. The number of carbonyl (C=O) groups excluding carboxylic acids is 3. The lowest BCUT2D eigenvalue weighted by Gasteiger charge is -2.28. The second-order valence-electron chi connectivity index (χ2n) is 5.73. The fourth-order valence-electron chi connectivity index (χ4n) is 1.65. The highest BCUT2D eigenvalue weighted by Gasteiger charge is 2.30. The van der Waals surface area contributed by atoms with Gasteiger partial charge in [-0.05, 0) is 26.2 Å². The lowest BCUT2D eigenvalue weighted by molar-refractivity contribution is -0.158. The number of hydrogen-bond acceptors (Lipinski definition) is 6. The Morgan fingerprint density at radius 2 is 0.957 bits per heavy atom. The van der Waals surface area contributed by atoms with E-state index in [1.807, 2.05) is 20.8 Å². The number of hydrogen-bond donors (Lipinski definition) is 0. The van der Waals surface area contributed by atoms with Crippen molar-refractivity contribution in [3.8, 4) is 0 Å². The van der Waals surface area contributed by atoms with Crippen LogP contribution in [0.15, 0.2) is 0 Å². The summed E-state index contributed by atoms with van der Waals surface area (Å²) in [6.07, 6.45) is 2.96. The van der Waals surface area contributed by atoms with E-state index in [0.29, 0.717) is 38.5 Å². The van der Waals surface area contributed by atoms with E-state index in [1.165, 1.54) is 0 Å². The molecule has 6 nitrogen and oxygen atoms in total. The van der Waals surface area contributed by atoms with Gasteiger partial charge in [-0.1, -0.05) is 20.8 Å². The molecule has 23 heavy (non-hydrogen) atoms. The summed E-state index contributed by atoms with van der Waals surface area (Å²) in [7, 11) is 0. The molecule has 0 aromatic rings. The van der Waals surface area contributed by atoms with Crippen molar-refractivity contribution in [3.05, 3.63) is 6.92 Å². The Hall–Kier alpha value is -1.59. The third-order valence-corrected chi connectivity index (χ3v) is 2.98. The molecule has 133 valence electrons. The Labute approximate surface area is 138 Å². The molecule has 0 saturated carbocycles. The first-order valence-electron chi connectivity index (χ1n) is 8.19. The highest BCUT2D eigenvalue weighted by molar-refractivity contribution is 5.70. The SMILES string of the molecule is [CH2]C(COC(=O)CCC)(COC(=O)CCC)COC(=O)CCC. The summed E-state index contributed by atoms with van der Waals surface area (Å²) in [5.74, 6) is -1.04. The standard InChI is InChI=1S/C17H29O6/c1-5-8-14(18)21-11-17(4,12-22-15(19)9-6-2)13-23-16(20)10-7-3/h4-13H2,1-3H3. The summed E-state index contributed by atoms with van der Waals surface area (Å²) in [6.45, 7) is 9.36. The molecule has 0 bridgehead atoms. The molecule has 0 amide bonds. The van der Waals surface area contributed by atoms with E-state index in [4.69, 9.17) is 14.2 Å². The summed E-state index contributed by atoms with van der Waals surface area (Å²) in [5.41, 5.74) is -0.990. The average Bonchev–Trinajstić information content (AvgIpc) is 2.50. The minimum Gasteiger partial charge on any atom is -0.465 e. The Kier molecular flexibility index (Phi) is 11.1. The lowest BCUT2D eigenvalue weighted by atomic mass is 9.94. The molecular weight excluding hydrogens is 300 g/mol. The van der Waals surface area contributed by atoms with Crippen molar-refractivity contribution >= 4 is 17.9 Å². The van der Waals surface area contributed by atoms with Gasteiger partial charge >= 0.3 is 17.9 Å². The van der Waals surface area contributed by atoms with Gasteiger partial charge in [-0.3, -0.25) is 14.4 Å². The van der Waals surface area contributed by atoms with Gasteiger partial charge < -0.3 is 14.2 Å². The summed E-state index contributed by atoms with van der Waals surface area (Å²) < 4.78 is 15.4. The molecule has 0 aromatic heterocycles. The van der Waals surface area contributed by atoms with Gasteiger partial charge in [0.25, 0.3) is 0 Å². The van der Waals surface area contributed by atoms with E-state index in [-0.39, 0.29) is 37.7 Å². The van der Waals surface area contributed by atoms with Crippen molar-refractivity contribution in [2.75, 3.05) is 19.8 Å². The molecule has 0 spiro atoms. The van der Waals surface area contributed by atoms with Gasteiger partial charge in [0.15, 0.2) is 0 Å². The number of ether oxygens (including phenoxy) is 3. The summed E-state index contributed by atoms with van der Waals surface area (Å²) in [4.78, 5) is 34.5. The summed E-state index contributed by atoms with van der Waals surface area (Å²) >= 11 is 0. The van der Waals surface area contributed by atoms with Crippen LogP contribution >= 0.6 is 0 Å². The zero-order chi connectivity index (χ0) is 17.7. The van der Waals surface area contributed by atoms with Gasteiger partial charge in [0, 0.05) is 19.3 Å². The maximum Gasteiger partial charge on any atom is 0.305 e. The van der Waals surface area contributed by atoms with Gasteiger partial charge in [0.05, 0.1) is 5.41 Å². The van der Waals surface area contributed by atoms with Crippen molar-refractivity contribution < 1.29 is 28.6 Å². The Morgan fingerprint density at radius 3 is 1.17 bits per heavy atom. The van der Waals surface area contributed by atoms with Crippen molar-refractivity contribution in [3.63, 3.8) is 0 Å². The van der Waals surface area contributed by atoms with Crippen LogP contribution in [0.3, 0.4) is 0 Å². The Morgan fingerprint density at radius 1 is 0.696 bits per heavy atom. The molecule has 0 N–H and O–H groups in total. The molecule has 1 radical (unpaired) electrons. The molecular formula is C17H29O6. The lowest BCUT2D eigenvalue weighted by Crippen LogP contribution is -2.37. The fraction of sp³-hybridized carbons (Fsp3) is 0.765. The average molecular weight is 329 g/mol. The molecule has 0 aromatic carbocycles. The third kappa shape index (κ3) is 10.7. The van der Waals surface area contributed by atoms with Gasteiger partial charge in [-0.25, -0.2) is 0 Å². The van der Waals surface area contributed by atoms with Gasteiger partial charge in [0.2, 0.25) is 0 Å². The predicted molar refractivity (Wildman–Crippen MR) is 85.4 cm³/mol. The van der Waals surface area contributed by atoms with Crippen LogP contribution in [0.2, 0.25) is 0 Å². The molecule has 0 heterocycles. The largest absolute Gasteiger partial charge is 0.465 e. The fourth-order valence-corrected chi connectivity index (χ4v) is 1.65. The first kappa shape index (κ1) is 21.4. The molecule has 6 heteroatoms. The van der Waals surface area contributed by atoms with Crippen LogP contribution in [0.25, 0.3) is 0 Å². The number of carbonyl (C=O) groups is 3. The third-order valence-electron chi connectivity index (χ3n) is 2.98. The summed E-state index contributed by atoms with van der Waals surface area (Å²) in [6, 6.07) is 0. The molecule has 0 saturated heterocycles. The quantitative estimate of drug-likeness (QED) is 0.405. The van der Waals surface area contributed by atoms with E-state index in [0.717, 1.165) is 0 Å². The second kappa shape index (κ2) is 11.9. The Balaban J connectivity index is 4.58. The molecule has 0 aliphatic carbocycles. The number of rotatable bonds is 12. The monoisotopic (exact) mass is 329 g/mol. The molecule has 0 atom stereocenters. The van der Waals surface area contributed by atoms with Crippen LogP contribution in [-0.4, -0.2) is 37.7 Å². The van der Waals surface area contributed by atoms with Crippen molar-refractivity contribution in [1.29, 1.82) is 0 Å². The molecule has 0 aliphatic rings. The van der Waals surface area contributed by atoms with Gasteiger partial charge in [-0.2, -0.15) is 0 Å². The maximum absolute atomic E-state index is 11.5. The van der Waals surface area contributed by atoms with Crippen molar-refractivity contribution in [1.82, 2.24) is 0 Å². The number of esters is 3. The normalized spacial score (nSPS) is 11.0. The van der Waals surface area contributed by atoms with Crippen LogP contribution in [0.4, 0.5) is 0 Å². The van der Waals surface area contributed by atoms with Crippen LogP contribution in [-0.2, 0) is 28.6 Å².